The first-order chi connectivity index (χ1) is 7.90. The zero-order valence-corrected chi connectivity index (χ0v) is 11.5. The Labute approximate surface area is 105 Å². The van der Waals surface area contributed by atoms with E-state index >= 15 is 0 Å². The Kier molecular flexibility index (Phi) is 4.89. The molecule has 0 saturated heterocycles. The van der Waals surface area contributed by atoms with Gasteiger partial charge in [0.2, 0.25) is 0 Å². The molecule has 17 heavy (non-hydrogen) atoms. The Morgan fingerprint density at radius 2 is 2.24 bits per heavy atom. The molecule has 96 valence electrons. The molecule has 0 aliphatic heterocycles. The van der Waals surface area contributed by atoms with E-state index in [4.69, 9.17) is 5.11 Å². The van der Waals surface area contributed by atoms with Crippen LogP contribution >= 0.6 is 11.3 Å². The quantitative estimate of drug-likeness (QED) is 0.815. The fourth-order valence-electron chi connectivity index (χ4n) is 1.39. The molecule has 0 aliphatic carbocycles. The fraction of sp³-hybridized carbons (Fsp3) is 0.636. The lowest BCUT2D eigenvalue weighted by Gasteiger charge is -2.15. The van der Waals surface area contributed by atoms with Crippen LogP contribution in [0.15, 0.2) is 0 Å². The second-order valence-corrected chi connectivity index (χ2v) is 5.57. The van der Waals surface area contributed by atoms with E-state index < -0.39 is 5.97 Å². The number of aryl methyl sites for hydroxylation is 1. The van der Waals surface area contributed by atoms with Gasteiger partial charge in [0.1, 0.15) is 0 Å². The van der Waals surface area contributed by atoms with Crippen LogP contribution in [0.2, 0.25) is 0 Å². The largest absolute Gasteiger partial charge is 0.476 e. The second kappa shape index (κ2) is 5.97. The van der Waals surface area contributed by atoms with Crippen LogP contribution in [0.1, 0.15) is 28.7 Å². The molecule has 0 bridgehead atoms. The minimum atomic E-state index is -0.965. The van der Waals surface area contributed by atoms with Crippen molar-refractivity contribution < 1.29 is 9.90 Å². The average molecular weight is 257 g/mol. The van der Waals surface area contributed by atoms with Crippen molar-refractivity contribution in [2.24, 2.45) is 0 Å². The normalized spacial score (nSPS) is 12.8. The van der Waals surface area contributed by atoms with Crippen molar-refractivity contribution in [3.63, 3.8) is 0 Å². The number of nitrogens with zero attached hydrogens (tertiary/aromatic N) is 2. The lowest BCUT2D eigenvalue weighted by Crippen LogP contribution is -2.22. The summed E-state index contributed by atoms with van der Waals surface area (Å²) in [5.41, 5.74) is 0.150. The molecule has 1 heterocycles. The van der Waals surface area contributed by atoms with E-state index in [1.54, 1.807) is 6.92 Å². The van der Waals surface area contributed by atoms with Gasteiger partial charge >= 0.3 is 5.97 Å². The minimum absolute atomic E-state index is 0.150. The summed E-state index contributed by atoms with van der Waals surface area (Å²) >= 11 is 1.39. The summed E-state index contributed by atoms with van der Waals surface area (Å²) in [7, 11) is 4.06. The number of anilines is 1. The van der Waals surface area contributed by atoms with Crippen LogP contribution in [0.5, 0.6) is 0 Å². The molecule has 0 spiro atoms. The monoisotopic (exact) mass is 257 g/mol. The smallest absolute Gasteiger partial charge is 0.355 e. The van der Waals surface area contributed by atoms with Crippen molar-refractivity contribution >= 4 is 22.4 Å². The van der Waals surface area contributed by atoms with Gasteiger partial charge in [0.15, 0.2) is 10.8 Å². The molecule has 0 amide bonds. The topological polar surface area (TPSA) is 65.5 Å². The number of rotatable bonds is 6. The van der Waals surface area contributed by atoms with Crippen LogP contribution in [0.25, 0.3) is 0 Å². The molecule has 2 N–H and O–H groups in total. The van der Waals surface area contributed by atoms with Crippen molar-refractivity contribution in [3.05, 3.63) is 10.6 Å². The predicted octanol–water partition coefficient (Wildman–Crippen LogP) is 1.90. The number of thiazole rings is 1. The van der Waals surface area contributed by atoms with E-state index in [1.807, 2.05) is 14.1 Å². The van der Waals surface area contributed by atoms with E-state index in [-0.39, 0.29) is 11.7 Å². The number of carbonyl (C=O) groups is 1. The van der Waals surface area contributed by atoms with Gasteiger partial charge in [0.25, 0.3) is 0 Å². The third-order valence-corrected chi connectivity index (χ3v) is 3.28. The van der Waals surface area contributed by atoms with Gasteiger partial charge in [-0.15, -0.1) is 11.3 Å². The van der Waals surface area contributed by atoms with Crippen molar-refractivity contribution in [1.82, 2.24) is 9.88 Å². The maximum Gasteiger partial charge on any atom is 0.355 e. The lowest BCUT2D eigenvalue weighted by molar-refractivity contribution is 0.0690. The molecule has 0 aromatic carbocycles. The Morgan fingerprint density at radius 3 is 2.71 bits per heavy atom. The molecular formula is C11H19N3O2S. The van der Waals surface area contributed by atoms with E-state index in [9.17, 15) is 4.79 Å². The Balaban J connectivity index is 2.57. The molecular weight excluding hydrogens is 238 g/mol. The summed E-state index contributed by atoms with van der Waals surface area (Å²) in [5, 5.41) is 12.8. The summed E-state index contributed by atoms with van der Waals surface area (Å²) in [6.45, 7) is 4.84. The van der Waals surface area contributed by atoms with Crippen LogP contribution in [0.3, 0.4) is 0 Å². The highest BCUT2D eigenvalue weighted by atomic mass is 32.1. The lowest BCUT2D eigenvalue weighted by atomic mass is 10.2. The van der Waals surface area contributed by atoms with Gasteiger partial charge in [0.05, 0.1) is 0 Å². The Hall–Kier alpha value is -1.14. The standard InChI is InChI=1S/C11H19N3O2S/c1-7(5-6-14(3)4)12-11-13-9(10(15)16)8(2)17-11/h7H,5-6H2,1-4H3,(H,12,13)(H,15,16). The van der Waals surface area contributed by atoms with E-state index in [2.05, 4.69) is 22.1 Å². The Bertz CT molecular complexity index is 390. The van der Waals surface area contributed by atoms with Crippen LogP contribution in [-0.2, 0) is 0 Å². The molecule has 0 radical (unpaired) electrons. The molecule has 1 unspecified atom stereocenters. The second-order valence-electron chi connectivity index (χ2n) is 4.37. The van der Waals surface area contributed by atoms with Crippen LogP contribution in [0, 0.1) is 6.92 Å². The van der Waals surface area contributed by atoms with Crippen molar-refractivity contribution in [3.8, 4) is 0 Å². The van der Waals surface area contributed by atoms with Gasteiger partial charge in [-0.1, -0.05) is 0 Å². The molecule has 1 rings (SSSR count). The van der Waals surface area contributed by atoms with Crippen LogP contribution in [-0.4, -0.2) is 47.6 Å². The van der Waals surface area contributed by atoms with Gasteiger partial charge in [-0.25, -0.2) is 9.78 Å². The summed E-state index contributed by atoms with van der Waals surface area (Å²) in [6.07, 6.45) is 0.994. The number of aromatic carboxylic acids is 1. The van der Waals surface area contributed by atoms with Crippen LogP contribution in [0.4, 0.5) is 5.13 Å². The van der Waals surface area contributed by atoms with Crippen LogP contribution < -0.4 is 5.32 Å². The van der Waals surface area contributed by atoms with Gasteiger partial charge in [-0.2, -0.15) is 0 Å². The first-order valence-electron chi connectivity index (χ1n) is 5.52. The molecule has 0 saturated carbocycles. The molecule has 6 heteroatoms. The third kappa shape index (κ3) is 4.32. The summed E-state index contributed by atoms with van der Waals surface area (Å²) in [6, 6.07) is 0.282. The maximum absolute atomic E-state index is 10.8. The number of nitrogens with one attached hydrogen (secondary N) is 1. The molecule has 1 atom stereocenters. The zero-order chi connectivity index (χ0) is 13.0. The summed E-state index contributed by atoms with van der Waals surface area (Å²) < 4.78 is 0. The SMILES string of the molecule is Cc1sc(NC(C)CCN(C)C)nc1C(=O)O. The minimum Gasteiger partial charge on any atom is -0.476 e. The average Bonchev–Trinajstić information content (AvgIpc) is 2.56. The van der Waals surface area contributed by atoms with Crippen molar-refractivity contribution in [2.75, 3.05) is 26.0 Å². The number of aromatic nitrogens is 1. The molecule has 0 aliphatic rings. The highest BCUT2D eigenvalue weighted by Crippen LogP contribution is 2.22. The first-order valence-corrected chi connectivity index (χ1v) is 6.33. The first kappa shape index (κ1) is 13.9. The van der Waals surface area contributed by atoms with Crippen molar-refractivity contribution in [1.29, 1.82) is 0 Å². The highest BCUT2D eigenvalue weighted by molar-refractivity contribution is 7.15. The fourth-order valence-corrected chi connectivity index (χ4v) is 2.31. The molecule has 5 nitrogen and oxygen atoms in total. The molecule has 1 aromatic heterocycles. The summed E-state index contributed by atoms with van der Waals surface area (Å²) in [4.78, 5) is 17.8. The number of carboxylic acids is 1. The van der Waals surface area contributed by atoms with Gasteiger partial charge in [-0.3, -0.25) is 0 Å². The maximum atomic E-state index is 10.8. The Morgan fingerprint density at radius 1 is 1.59 bits per heavy atom. The van der Waals surface area contributed by atoms with E-state index in [1.165, 1.54) is 11.3 Å². The number of hydrogen-bond acceptors (Lipinski definition) is 5. The number of carboxylic acid groups (broad SMARTS) is 1. The van der Waals surface area contributed by atoms with Gasteiger partial charge < -0.3 is 15.3 Å². The van der Waals surface area contributed by atoms with E-state index in [0.29, 0.717) is 5.13 Å². The van der Waals surface area contributed by atoms with Gasteiger partial charge in [-0.05, 0) is 40.9 Å². The zero-order valence-electron chi connectivity index (χ0n) is 10.6. The van der Waals surface area contributed by atoms with Gasteiger partial charge in [0, 0.05) is 10.9 Å². The number of hydrogen-bond donors (Lipinski definition) is 2. The van der Waals surface area contributed by atoms with E-state index in [0.717, 1.165) is 17.8 Å². The third-order valence-electron chi connectivity index (χ3n) is 2.38. The molecule has 1 aromatic rings. The predicted molar refractivity (Wildman–Crippen MR) is 70.1 cm³/mol. The molecule has 0 fully saturated rings. The summed E-state index contributed by atoms with van der Waals surface area (Å²) in [5.74, 6) is -0.965. The van der Waals surface area contributed by atoms with Crippen molar-refractivity contribution in [2.45, 2.75) is 26.3 Å². The highest BCUT2D eigenvalue weighted by Gasteiger charge is 2.15.